The van der Waals surface area contributed by atoms with Gasteiger partial charge in [-0.25, -0.2) is 0 Å². The van der Waals surface area contributed by atoms with E-state index >= 15 is 0 Å². The van der Waals surface area contributed by atoms with Gasteiger partial charge in [-0.15, -0.1) is 11.8 Å². The first-order chi connectivity index (χ1) is 10.0. The molecule has 0 spiro atoms. The molecule has 0 aromatic heterocycles. The average Bonchev–Trinajstić information content (AvgIpc) is 2.85. The predicted octanol–water partition coefficient (Wildman–Crippen LogP) is 1.48. The molecule has 2 rings (SSSR count). The smallest absolute Gasteiger partial charge is 0.244 e. The minimum atomic E-state index is -0.221. The number of methoxy groups -OCH3 is 2. The fraction of sp³-hybridized carbons (Fsp3) is 0.429. The summed E-state index contributed by atoms with van der Waals surface area (Å²) in [5, 5.41) is 2.81. The van der Waals surface area contributed by atoms with Gasteiger partial charge in [-0.3, -0.25) is 9.59 Å². The number of carbonyl (C=O) groups excluding carboxylic acids is 2. The highest BCUT2D eigenvalue weighted by molar-refractivity contribution is 8.00. The molecule has 1 heterocycles. The maximum atomic E-state index is 12.0. The van der Waals surface area contributed by atoms with Crippen molar-refractivity contribution in [2.24, 2.45) is 0 Å². The van der Waals surface area contributed by atoms with Crippen molar-refractivity contribution in [1.82, 2.24) is 4.90 Å². The summed E-state index contributed by atoms with van der Waals surface area (Å²) in [5.41, 5.74) is 1.51. The van der Waals surface area contributed by atoms with Crippen molar-refractivity contribution >= 4 is 29.3 Å². The fourth-order valence-electron chi connectivity index (χ4n) is 2.02. The van der Waals surface area contributed by atoms with Gasteiger partial charge in [0.15, 0.2) is 11.5 Å². The van der Waals surface area contributed by atoms with E-state index in [1.165, 1.54) is 16.7 Å². The van der Waals surface area contributed by atoms with Gasteiger partial charge in [-0.05, 0) is 18.6 Å². The summed E-state index contributed by atoms with van der Waals surface area (Å²) in [7, 11) is 3.10. The van der Waals surface area contributed by atoms with Crippen LogP contribution in [0.4, 0.5) is 5.69 Å². The van der Waals surface area contributed by atoms with E-state index in [4.69, 9.17) is 9.47 Å². The monoisotopic (exact) mass is 310 g/mol. The SMILES string of the molecule is COc1cc(C)c(NC(=O)CN2CSCC2=O)cc1OC. The Morgan fingerprint density at radius 2 is 2.00 bits per heavy atom. The number of hydrogen-bond donors (Lipinski definition) is 1. The third-order valence-electron chi connectivity index (χ3n) is 3.16. The van der Waals surface area contributed by atoms with Crippen LogP contribution in [0.1, 0.15) is 5.56 Å². The molecule has 1 aliphatic heterocycles. The number of nitrogens with zero attached hydrogens (tertiary/aromatic N) is 1. The van der Waals surface area contributed by atoms with Crippen molar-refractivity contribution in [1.29, 1.82) is 0 Å². The van der Waals surface area contributed by atoms with Crippen LogP contribution in [-0.2, 0) is 9.59 Å². The summed E-state index contributed by atoms with van der Waals surface area (Å²) in [6, 6.07) is 3.51. The lowest BCUT2D eigenvalue weighted by atomic mass is 10.1. The minimum Gasteiger partial charge on any atom is -0.493 e. The van der Waals surface area contributed by atoms with Crippen LogP contribution in [0.25, 0.3) is 0 Å². The molecule has 0 bridgehead atoms. The van der Waals surface area contributed by atoms with E-state index in [0.29, 0.717) is 28.8 Å². The molecule has 1 aliphatic rings. The van der Waals surface area contributed by atoms with Gasteiger partial charge in [-0.1, -0.05) is 0 Å². The van der Waals surface area contributed by atoms with E-state index in [1.807, 2.05) is 6.92 Å². The molecule has 1 fully saturated rings. The highest BCUT2D eigenvalue weighted by Crippen LogP contribution is 2.32. The first-order valence-electron chi connectivity index (χ1n) is 6.43. The van der Waals surface area contributed by atoms with E-state index in [9.17, 15) is 9.59 Å². The lowest BCUT2D eigenvalue weighted by molar-refractivity contribution is -0.130. The standard InChI is InChI=1S/C14H18N2O4S/c1-9-4-11(19-2)12(20-3)5-10(9)15-13(17)6-16-8-21-7-14(16)18/h4-5H,6-8H2,1-3H3,(H,15,17). The van der Waals surface area contributed by atoms with Crippen molar-refractivity contribution in [2.75, 3.05) is 37.7 Å². The van der Waals surface area contributed by atoms with Gasteiger partial charge in [0.1, 0.15) is 6.54 Å². The average molecular weight is 310 g/mol. The predicted molar refractivity (Wildman–Crippen MR) is 82.0 cm³/mol. The number of amides is 2. The largest absolute Gasteiger partial charge is 0.493 e. The Labute approximate surface area is 127 Å². The Balaban J connectivity index is 2.08. The van der Waals surface area contributed by atoms with Crippen LogP contribution in [0.3, 0.4) is 0 Å². The molecule has 114 valence electrons. The topological polar surface area (TPSA) is 67.9 Å². The lowest BCUT2D eigenvalue weighted by Gasteiger charge is -2.16. The molecule has 2 amide bonds. The van der Waals surface area contributed by atoms with Crippen LogP contribution in [0.5, 0.6) is 11.5 Å². The summed E-state index contributed by atoms with van der Waals surface area (Å²) >= 11 is 1.51. The molecule has 21 heavy (non-hydrogen) atoms. The Bertz CT molecular complexity index is 562. The quantitative estimate of drug-likeness (QED) is 0.892. The maximum absolute atomic E-state index is 12.0. The summed E-state index contributed by atoms with van der Waals surface area (Å²) in [5.74, 6) is 1.95. The zero-order chi connectivity index (χ0) is 15.4. The number of hydrogen-bond acceptors (Lipinski definition) is 5. The highest BCUT2D eigenvalue weighted by atomic mass is 32.2. The van der Waals surface area contributed by atoms with Crippen LogP contribution >= 0.6 is 11.8 Å². The van der Waals surface area contributed by atoms with Gasteiger partial charge >= 0.3 is 0 Å². The number of aryl methyl sites for hydroxylation is 1. The molecule has 0 atom stereocenters. The van der Waals surface area contributed by atoms with Gasteiger partial charge in [0.2, 0.25) is 11.8 Å². The molecule has 1 aromatic rings. The maximum Gasteiger partial charge on any atom is 0.244 e. The summed E-state index contributed by atoms with van der Waals surface area (Å²) in [4.78, 5) is 25.1. The van der Waals surface area contributed by atoms with Crippen LogP contribution in [0.15, 0.2) is 12.1 Å². The Hall–Kier alpha value is -1.89. The van der Waals surface area contributed by atoms with Crippen LogP contribution < -0.4 is 14.8 Å². The first kappa shape index (κ1) is 15.5. The van der Waals surface area contributed by atoms with Gasteiger partial charge in [-0.2, -0.15) is 0 Å². The number of thioether (sulfide) groups is 1. The number of benzene rings is 1. The third-order valence-corrected chi connectivity index (χ3v) is 4.11. The van der Waals surface area contributed by atoms with Crippen LogP contribution in [-0.4, -0.2) is 49.1 Å². The van der Waals surface area contributed by atoms with E-state index < -0.39 is 0 Å². The zero-order valence-corrected chi connectivity index (χ0v) is 13.1. The van der Waals surface area contributed by atoms with Crippen molar-refractivity contribution in [2.45, 2.75) is 6.92 Å². The van der Waals surface area contributed by atoms with E-state index in [0.717, 1.165) is 5.56 Å². The molecule has 1 saturated heterocycles. The molecule has 0 saturated carbocycles. The molecule has 0 unspecified atom stereocenters. The summed E-state index contributed by atoms with van der Waals surface area (Å²) < 4.78 is 10.4. The molecule has 6 nitrogen and oxygen atoms in total. The molecule has 0 radical (unpaired) electrons. The second-order valence-electron chi connectivity index (χ2n) is 4.64. The van der Waals surface area contributed by atoms with Gasteiger partial charge < -0.3 is 19.7 Å². The Kier molecular flexibility index (Phi) is 4.95. The number of rotatable bonds is 5. The van der Waals surface area contributed by atoms with Crippen molar-refractivity contribution in [3.63, 3.8) is 0 Å². The number of nitrogens with one attached hydrogen (secondary N) is 1. The molecule has 7 heteroatoms. The molecule has 1 aromatic carbocycles. The van der Waals surface area contributed by atoms with Gasteiger partial charge in [0.05, 0.1) is 25.8 Å². The Morgan fingerprint density at radius 1 is 1.33 bits per heavy atom. The van der Waals surface area contributed by atoms with Crippen LogP contribution in [0, 0.1) is 6.92 Å². The van der Waals surface area contributed by atoms with E-state index in [1.54, 1.807) is 26.4 Å². The normalized spacial score (nSPS) is 14.2. The number of anilines is 1. The molecule has 1 N–H and O–H groups in total. The fourth-order valence-corrected chi connectivity index (χ4v) is 2.92. The second kappa shape index (κ2) is 6.71. The van der Waals surface area contributed by atoms with Gasteiger partial charge in [0.25, 0.3) is 0 Å². The van der Waals surface area contributed by atoms with Crippen molar-refractivity contribution < 1.29 is 19.1 Å². The Morgan fingerprint density at radius 3 is 2.57 bits per heavy atom. The van der Waals surface area contributed by atoms with E-state index in [-0.39, 0.29) is 18.4 Å². The molecular formula is C14H18N2O4S. The highest BCUT2D eigenvalue weighted by Gasteiger charge is 2.23. The third kappa shape index (κ3) is 3.60. The number of carbonyl (C=O) groups is 2. The lowest BCUT2D eigenvalue weighted by Crippen LogP contribution is -2.34. The number of ether oxygens (including phenoxy) is 2. The summed E-state index contributed by atoms with van der Waals surface area (Å²) in [6.45, 7) is 1.94. The zero-order valence-electron chi connectivity index (χ0n) is 12.3. The first-order valence-corrected chi connectivity index (χ1v) is 7.58. The minimum absolute atomic E-state index is 0.000756. The van der Waals surface area contributed by atoms with Crippen molar-refractivity contribution in [3.8, 4) is 11.5 Å². The van der Waals surface area contributed by atoms with Gasteiger partial charge in [0, 0.05) is 11.8 Å². The van der Waals surface area contributed by atoms with Crippen molar-refractivity contribution in [3.05, 3.63) is 17.7 Å². The molecular weight excluding hydrogens is 292 g/mol. The second-order valence-corrected chi connectivity index (χ2v) is 5.59. The van der Waals surface area contributed by atoms with Crippen LogP contribution in [0.2, 0.25) is 0 Å². The van der Waals surface area contributed by atoms with E-state index in [2.05, 4.69) is 5.32 Å². The molecule has 0 aliphatic carbocycles. The summed E-state index contributed by atoms with van der Waals surface area (Å²) in [6.07, 6.45) is 0.